The normalized spacial score (nSPS) is 20.6. The van der Waals surface area contributed by atoms with Crippen LogP contribution in [0.2, 0.25) is 0 Å². The third kappa shape index (κ3) is 2.17. The van der Waals surface area contributed by atoms with E-state index in [0.29, 0.717) is 6.54 Å². The zero-order valence-corrected chi connectivity index (χ0v) is 9.35. The minimum absolute atomic E-state index is 0.162. The summed E-state index contributed by atoms with van der Waals surface area (Å²) in [6.07, 6.45) is 0.906. The molecule has 1 aliphatic rings. The van der Waals surface area contributed by atoms with Crippen molar-refractivity contribution in [2.45, 2.75) is 6.04 Å². The van der Waals surface area contributed by atoms with Crippen molar-refractivity contribution in [3.63, 3.8) is 0 Å². The largest absolute Gasteiger partial charge is 0.496 e. The van der Waals surface area contributed by atoms with Gasteiger partial charge in [-0.15, -0.1) is 0 Å². The fourth-order valence-corrected chi connectivity index (χ4v) is 2.03. The van der Waals surface area contributed by atoms with Gasteiger partial charge in [0.2, 0.25) is 6.41 Å². The molecule has 1 fully saturated rings. The minimum atomic E-state index is 0.162. The molecule has 1 unspecified atom stereocenters. The molecule has 1 heterocycles. The number of nitrogens with one attached hydrogen (secondary N) is 1. The summed E-state index contributed by atoms with van der Waals surface area (Å²) in [6.45, 7) is 2.29. The van der Waals surface area contributed by atoms with Crippen LogP contribution in [0.5, 0.6) is 5.75 Å². The van der Waals surface area contributed by atoms with Gasteiger partial charge in [-0.05, 0) is 6.07 Å². The summed E-state index contributed by atoms with van der Waals surface area (Å²) in [5.41, 5.74) is 1.11. The summed E-state index contributed by atoms with van der Waals surface area (Å²) >= 11 is 0. The highest BCUT2D eigenvalue weighted by Gasteiger charge is 2.21. The van der Waals surface area contributed by atoms with Gasteiger partial charge in [0.05, 0.1) is 13.2 Å². The molecule has 16 heavy (non-hydrogen) atoms. The van der Waals surface area contributed by atoms with Crippen molar-refractivity contribution >= 4 is 6.41 Å². The van der Waals surface area contributed by atoms with E-state index < -0.39 is 0 Å². The van der Waals surface area contributed by atoms with Crippen LogP contribution in [0.3, 0.4) is 0 Å². The molecule has 0 aromatic heterocycles. The van der Waals surface area contributed by atoms with Crippen molar-refractivity contribution in [3.8, 4) is 5.75 Å². The van der Waals surface area contributed by atoms with Crippen molar-refractivity contribution in [1.82, 2.24) is 10.2 Å². The first-order chi connectivity index (χ1) is 7.85. The first-order valence-electron chi connectivity index (χ1n) is 5.41. The molecule has 2 rings (SSSR count). The molecule has 0 saturated carbocycles. The first-order valence-corrected chi connectivity index (χ1v) is 5.41. The molecule has 0 radical (unpaired) electrons. The van der Waals surface area contributed by atoms with Gasteiger partial charge in [0.15, 0.2) is 0 Å². The Morgan fingerprint density at radius 3 is 3.06 bits per heavy atom. The molecule has 0 spiro atoms. The Balaban J connectivity index is 2.19. The van der Waals surface area contributed by atoms with Gasteiger partial charge in [0.1, 0.15) is 5.75 Å². The van der Waals surface area contributed by atoms with Gasteiger partial charge in [-0.1, -0.05) is 18.2 Å². The Labute approximate surface area is 95.2 Å². The molecule has 4 nitrogen and oxygen atoms in total. The highest BCUT2D eigenvalue weighted by molar-refractivity contribution is 5.48. The smallest absolute Gasteiger partial charge is 0.209 e. The van der Waals surface area contributed by atoms with Gasteiger partial charge in [0.25, 0.3) is 0 Å². The Morgan fingerprint density at radius 1 is 1.50 bits per heavy atom. The lowest BCUT2D eigenvalue weighted by Gasteiger charge is -2.32. The van der Waals surface area contributed by atoms with Crippen molar-refractivity contribution in [2.75, 3.05) is 26.7 Å². The van der Waals surface area contributed by atoms with Gasteiger partial charge in [0, 0.05) is 25.2 Å². The van der Waals surface area contributed by atoms with E-state index in [4.69, 9.17) is 4.74 Å². The summed E-state index contributed by atoms with van der Waals surface area (Å²) in [5, 5.41) is 3.39. The van der Waals surface area contributed by atoms with E-state index >= 15 is 0 Å². The number of carbonyl (C=O) groups excluding carboxylic acids is 1. The molecular weight excluding hydrogens is 204 g/mol. The summed E-state index contributed by atoms with van der Waals surface area (Å²) < 4.78 is 5.32. The number of amides is 1. The van der Waals surface area contributed by atoms with Crippen LogP contribution < -0.4 is 10.1 Å². The highest BCUT2D eigenvalue weighted by Crippen LogP contribution is 2.26. The molecule has 0 aliphatic carbocycles. The summed E-state index contributed by atoms with van der Waals surface area (Å²) in [6, 6.07) is 8.07. The van der Waals surface area contributed by atoms with Crippen LogP contribution in [0.15, 0.2) is 24.3 Å². The van der Waals surface area contributed by atoms with Crippen LogP contribution >= 0.6 is 0 Å². The molecule has 1 aliphatic heterocycles. The van der Waals surface area contributed by atoms with Gasteiger partial charge in [-0.25, -0.2) is 0 Å². The zero-order chi connectivity index (χ0) is 11.4. The first kappa shape index (κ1) is 11.0. The van der Waals surface area contributed by atoms with Gasteiger partial charge < -0.3 is 15.0 Å². The third-order valence-corrected chi connectivity index (χ3v) is 2.87. The van der Waals surface area contributed by atoms with Crippen LogP contribution in [0.1, 0.15) is 11.6 Å². The van der Waals surface area contributed by atoms with Crippen molar-refractivity contribution in [2.24, 2.45) is 0 Å². The molecule has 0 bridgehead atoms. The molecule has 1 atom stereocenters. The highest BCUT2D eigenvalue weighted by atomic mass is 16.5. The molecule has 86 valence electrons. The molecule has 4 heteroatoms. The number of carbonyl (C=O) groups is 1. The lowest BCUT2D eigenvalue weighted by molar-refractivity contribution is -0.119. The summed E-state index contributed by atoms with van der Waals surface area (Å²) in [4.78, 5) is 12.5. The maximum atomic E-state index is 10.8. The second-order valence-corrected chi connectivity index (χ2v) is 3.85. The predicted octanol–water partition coefficient (Wildman–Crippen LogP) is 0.798. The van der Waals surface area contributed by atoms with E-state index in [2.05, 4.69) is 5.32 Å². The quantitative estimate of drug-likeness (QED) is 0.766. The van der Waals surface area contributed by atoms with E-state index in [1.165, 1.54) is 0 Å². The van der Waals surface area contributed by atoms with Crippen LogP contribution in [0, 0.1) is 0 Å². The maximum Gasteiger partial charge on any atom is 0.209 e. The molecule has 1 amide bonds. The molecular formula is C12H16N2O2. The standard InChI is InChI=1S/C12H16N2O2/c1-16-12-5-3-2-4-10(12)11-8-14(9-15)7-6-13-11/h2-5,9,11,13H,6-8H2,1H3. The van der Waals surface area contributed by atoms with E-state index in [1.54, 1.807) is 12.0 Å². The average Bonchev–Trinajstić information content (AvgIpc) is 2.38. The van der Waals surface area contributed by atoms with Crippen molar-refractivity contribution < 1.29 is 9.53 Å². The lowest BCUT2D eigenvalue weighted by Crippen LogP contribution is -2.45. The van der Waals surface area contributed by atoms with Crippen LogP contribution in [0.25, 0.3) is 0 Å². The van der Waals surface area contributed by atoms with Crippen LogP contribution in [-0.2, 0) is 4.79 Å². The maximum absolute atomic E-state index is 10.8. The fraction of sp³-hybridized carbons (Fsp3) is 0.417. The Morgan fingerprint density at radius 2 is 2.31 bits per heavy atom. The molecule has 1 aromatic carbocycles. The number of hydrogen-bond donors (Lipinski definition) is 1. The number of piperazine rings is 1. The van der Waals surface area contributed by atoms with Gasteiger partial charge >= 0.3 is 0 Å². The monoisotopic (exact) mass is 220 g/mol. The number of para-hydroxylation sites is 1. The van der Waals surface area contributed by atoms with Crippen LogP contribution in [0.4, 0.5) is 0 Å². The second kappa shape index (κ2) is 4.99. The van der Waals surface area contributed by atoms with Gasteiger partial charge in [-0.3, -0.25) is 4.79 Å². The van der Waals surface area contributed by atoms with Crippen molar-refractivity contribution in [1.29, 1.82) is 0 Å². The third-order valence-electron chi connectivity index (χ3n) is 2.87. The average molecular weight is 220 g/mol. The summed E-state index contributed by atoms with van der Waals surface area (Å²) in [7, 11) is 1.67. The second-order valence-electron chi connectivity index (χ2n) is 3.85. The SMILES string of the molecule is COc1ccccc1C1CN(C=O)CCN1. The molecule has 1 saturated heterocycles. The number of benzene rings is 1. The van der Waals surface area contributed by atoms with E-state index in [1.807, 2.05) is 24.3 Å². The Hall–Kier alpha value is -1.55. The predicted molar refractivity (Wildman–Crippen MR) is 61.4 cm³/mol. The van der Waals surface area contributed by atoms with Gasteiger partial charge in [-0.2, -0.15) is 0 Å². The van der Waals surface area contributed by atoms with Crippen molar-refractivity contribution in [3.05, 3.63) is 29.8 Å². The molecule has 1 N–H and O–H groups in total. The number of rotatable bonds is 3. The van der Waals surface area contributed by atoms with E-state index in [0.717, 1.165) is 30.8 Å². The Bertz CT molecular complexity index is 368. The topological polar surface area (TPSA) is 41.6 Å². The molecule has 1 aromatic rings. The van der Waals surface area contributed by atoms with E-state index in [9.17, 15) is 4.79 Å². The number of hydrogen-bond acceptors (Lipinski definition) is 3. The van der Waals surface area contributed by atoms with Crippen LogP contribution in [-0.4, -0.2) is 38.1 Å². The number of nitrogens with zero attached hydrogens (tertiary/aromatic N) is 1. The summed E-state index contributed by atoms with van der Waals surface area (Å²) in [5.74, 6) is 0.868. The minimum Gasteiger partial charge on any atom is -0.496 e. The lowest BCUT2D eigenvalue weighted by atomic mass is 10.0. The van der Waals surface area contributed by atoms with E-state index in [-0.39, 0.29) is 6.04 Å². The fourth-order valence-electron chi connectivity index (χ4n) is 2.03. The number of methoxy groups -OCH3 is 1. The Kier molecular flexibility index (Phi) is 3.41. The zero-order valence-electron chi connectivity index (χ0n) is 9.35. The number of ether oxygens (including phenoxy) is 1.